The van der Waals surface area contributed by atoms with Crippen molar-refractivity contribution in [2.45, 2.75) is 52.0 Å². The number of halogens is 1. The highest BCUT2D eigenvalue weighted by molar-refractivity contribution is 6.30. The maximum absolute atomic E-state index is 9.95. The molecule has 0 saturated heterocycles. The molecule has 2 aromatic carbocycles. The highest BCUT2D eigenvalue weighted by atomic mass is 35.5. The van der Waals surface area contributed by atoms with Gasteiger partial charge in [0.1, 0.15) is 11.4 Å². The number of rotatable bonds is 4. The van der Waals surface area contributed by atoms with Crippen molar-refractivity contribution in [3.05, 3.63) is 52.5 Å². The molecule has 1 aliphatic rings. The van der Waals surface area contributed by atoms with Gasteiger partial charge in [0.25, 0.3) is 0 Å². The van der Waals surface area contributed by atoms with Crippen LogP contribution in [-0.4, -0.2) is 23.4 Å². The van der Waals surface area contributed by atoms with Gasteiger partial charge in [0, 0.05) is 35.1 Å². The molecule has 3 nitrogen and oxygen atoms in total. The predicted octanol–water partition coefficient (Wildman–Crippen LogP) is 6.30. The molecule has 1 N–H and O–H groups in total. The van der Waals surface area contributed by atoms with Gasteiger partial charge in [-0.1, -0.05) is 31.5 Å². The molecule has 1 aliphatic heterocycles. The molecule has 4 heteroatoms. The molecule has 0 fully saturated rings. The van der Waals surface area contributed by atoms with Crippen LogP contribution in [0.15, 0.2) is 41.4 Å². The van der Waals surface area contributed by atoms with Crippen LogP contribution < -0.4 is 4.90 Å². The Bertz CT molecular complexity index is 829. The van der Waals surface area contributed by atoms with E-state index in [0.717, 1.165) is 24.9 Å². The molecule has 3 rings (SSSR count). The summed E-state index contributed by atoms with van der Waals surface area (Å²) < 4.78 is 0. The quantitative estimate of drug-likeness (QED) is 0.641. The third-order valence-corrected chi connectivity index (χ3v) is 5.38. The fraction of sp³-hybridized carbons (Fsp3) is 0.409. The van der Waals surface area contributed by atoms with Crippen molar-refractivity contribution in [2.24, 2.45) is 4.99 Å². The number of phenols is 1. The summed E-state index contributed by atoms with van der Waals surface area (Å²) in [5.74, 6) is 0.598. The minimum Gasteiger partial charge on any atom is -0.506 e. The maximum Gasteiger partial charge on any atom is 0.142 e. The molecule has 1 atom stereocenters. The normalized spacial score (nSPS) is 19.0. The first-order valence-corrected chi connectivity index (χ1v) is 9.64. The maximum atomic E-state index is 9.95. The summed E-state index contributed by atoms with van der Waals surface area (Å²) in [5.41, 5.74) is 4.45. The lowest BCUT2D eigenvalue weighted by atomic mass is 9.79. The van der Waals surface area contributed by atoms with E-state index >= 15 is 0 Å². The highest BCUT2D eigenvalue weighted by Crippen LogP contribution is 2.43. The summed E-state index contributed by atoms with van der Waals surface area (Å²) in [7, 11) is 0. The largest absolute Gasteiger partial charge is 0.506 e. The van der Waals surface area contributed by atoms with Crippen molar-refractivity contribution < 1.29 is 5.11 Å². The fourth-order valence-electron chi connectivity index (χ4n) is 3.99. The number of phenolic OH excluding ortho intramolecular Hbond substituents is 1. The number of anilines is 1. The van der Waals surface area contributed by atoms with Gasteiger partial charge in [-0.15, -0.1) is 0 Å². The summed E-state index contributed by atoms with van der Waals surface area (Å²) >= 11 is 5.88. The van der Waals surface area contributed by atoms with E-state index in [1.54, 1.807) is 18.3 Å². The highest BCUT2D eigenvalue weighted by Gasteiger charge is 2.35. The van der Waals surface area contributed by atoms with Crippen molar-refractivity contribution >= 4 is 29.2 Å². The van der Waals surface area contributed by atoms with Gasteiger partial charge in [0.2, 0.25) is 0 Å². The standard InChI is InChI=1S/C22H27ClN2O/c1-5-10-25-20-9-6-16(11-18(20)15(2)13-22(25,3)4)14-24-19-8-7-17(23)12-21(19)26/h6-9,11-12,14-15,26H,5,10,13H2,1-4H3. The number of hydrogen-bond acceptors (Lipinski definition) is 3. The van der Waals surface area contributed by atoms with Crippen LogP contribution in [0.1, 0.15) is 57.6 Å². The lowest BCUT2D eigenvalue weighted by Gasteiger charge is -2.47. The van der Waals surface area contributed by atoms with E-state index in [0.29, 0.717) is 16.6 Å². The number of nitrogens with zero attached hydrogens (tertiary/aromatic N) is 2. The van der Waals surface area contributed by atoms with Crippen molar-refractivity contribution in [3.63, 3.8) is 0 Å². The van der Waals surface area contributed by atoms with Gasteiger partial charge in [-0.25, -0.2) is 0 Å². The van der Waals surface area contributed by atoms with E-state index in [1.165, 1.54) is 17.3 Å². The third-order valence-electron chi connectivity index (χ3n) is 5.15. The second kappa shape index (κ2) is 7.32. The Hall–Kier alpha value is -2.00. The van der Waals surface area contributed by atoms with Gasteiger partial charge >= 0.3 is 0 Å². The van der Waals surface area contributed by atoms with E-state index in [-0.39, 0.29) is 11.3 Å². The molecule has 0 bridgehead atoms. The molecule has 26 heavy (non-hydrogen) atoms. The van der Waals surface area contributed by atoms with Crippen molar-refractivity contribution in [1.82, 2.24) is 0 Å². The molecule has 0 saturated carbocycles. The first kappa shape index (κ1) is 18.8. The van der Waals surface area contributed by atoms with Gasteiger partial charge < -0.3 is 10.0 Å². The molecule has 0 radical (unpaired) electrons. The fourth-order valence-corrected chi connectivity index (χ4v) is 4.15. The molecule has 138 valence electrons. The summed E-state index contributed by atoms with van der Waals surface area (Å²) in [6, 6.07) is 11.5. The van der Waals surface area contributed by atoms with E-state index in [2.05, 4.69) is 55.8 Å². The van der Waals surface area contributed by atoms with Crippen LogP contribution in [0.4, 0.5) is 11.4 Å². The molecule has 0 spiro atoms. The Kier molecular flexibility index (Phi) is 5.29. The first-order valence-electron chi connectivity index (χ1n) is 9.26. The summed E-state index contributed by atoms with van der Waals surface area (Å²) in [6.45, 7) is 10.3. The van der Waals surface area contributed by atoms with Gasteiger partial charge in [0.15, 0.2) is 0 Å². The van der Waals surface area contributed by atoms with Gasteiger partial charge in [-0.2, -0.15) is 0 Å². The monoisotopic (exact) mass is 370 g/mol. The van der Waals surface area contributed by atoms with Crippen LogP contribution in [0.3, 0.4) is 0 Å². The first-order chi connectivity index (χ1) is 12.3. The second-order valence-electron chi connectivity index (χ2n) is 7.78. The van der Waals surface area contributed by atoms with Crippen LogP contribution in [0.5, 0.6) is 5.75 Å². The molecule has 0 amide bonds. The molecule has 1 heterocycles. The summed E-state index contributed by atoms with van der Waals surface area (Å²) in [4.78, 5) is 6.96. The smallest absolute Gasteiger partial charge is 0.142 e. The Labute approximate surface area is 161 Å². The molecule has 2 aromatic rings. The Morgan fingerprint density at radius 2 is 2.04 bits per heavy atom. The Balaban J connectivity index is 1.93. The topological polar surface area (TPSA) is 35.8 Å². The molecule has 1 unspecified atom stereocenters. The van der Waals surface area contributed by atoms with E-state index in [4.69, 9.17) is 11.6 Å². The molecule has 0 aromatic heterocycles. The van der Waals surface area contributed by atoms with Crippen molar-refractivity contribution in [1.29, 1.82) is 0 Å². The zero-order valence-electron chi connectivity index (χ0n) is 16.0. The lowest BCUT2D eigenvalue weighted by molar-refractivity contribution is 0.376. The van der Waals surface area contributed by atoms with Crippen molar-refractivity contribution in [3.8, 4) is 5.75 Å². The molecular formula is C22H27ClN2O. The Morgan fingerprint density at radius 3 is 2.73 bits per heavy atom. The van der Waals surface area contributed by atoms with Gasteiger partial charge in [0.05, 0.1) is 0 Å². The van der Waals surface area contributed by atoms with Crippen LogP contribution in [0.25, 0.3) is 0 Å². The second-order valence-corrected chi connectivity index (χ2v) is 8.22. The van der Waals surface area contributed by atoms with Crippen LogP contribution in [-0.2, 0) is 0 Å². The Morgan fingerprint density at radius 1 is 1.27 bits per heavy atom. The van der Waals surface area contributed by atoms with Gasteiger partial charge in [-0.3, -0.25) is 4.99 Å². The SMILES string of the molecule is CCCN1c2ccc(C=Nc3ccc(Cl)cc3O)cc2C(C)CC1(C)C. The zero-order chi connectivity index (χ0) is 18.9. The summed E-state index contributed by atoms with van der Waals surface area (Å²) in [5, 5.41) is 10.5. The van der Waals surface area contributed by atoms with Crippen LogP contribution in [0, 0.1) is 0 Å². The average molecular weight is 371 g/mol. The van der Waals surface area contributed by atoms with E-state index < -0.39 is 0 Å². The number of hydrogen-bond donors (Lipinski definition) is 1. The van der Waals surface area contributed by atoms with Crippen LogP contribution >= 0.6 is 11.6 Å². The minimum atomic E-state index is 0.0935. The average Bonchev–Trinajstić information content (AvgIpc) is 2.57. The molecule has 0 aliphatic carbocycles. The molecular weight excluding hydrogens is 344 g/mol. The number of aromatic hydroxyl groups is 1. The lowest BCUT2D eigenvalue weighted by Crippen LogP contribution is -2.48. The predicted molar refractivity (Wildman–Crippen MR) is 112 cm³/mol. The van der Waals surface area contributed by atoms with E-state index in [1.807, 2.05) is 0 Å². The zero-order valence-corrected chi connectivity index (χ0v) is 16.7. The number of benzene rings is 2. The van der Waals surface area contributed by atoms with Crippen LogP contribution in [0.2, 0.25) is 5.02 Å². The van der Waals surface area contributed by atoms with Crippen molar-refractivity contribution in [2.75, 3.05) is 11.4 Å². The number of fused-ring (bicyclic) bond motifs is 1. The third kappa shape index (κ3) is 3.73. The van der Waals surface area contributed by atoms with E-state index in [9.17, 15) is 5.11 Å². The number of aliphatic imine (C=N–C) groups is 1. The summed E-state index contributed by atoms with van der Waals surface area (Å²) in [6.07, 6.45) is 4.08. The minimum absolute atomic E-state index is 0.0935. The van der Waals surface area contributed by atoms with Gasteiger partial charge in [-0.05, 0) is 68.0 Å².